The fourth-order valence-corrected chi connectivity index (χ4v) is 3.17. The van der Waals surface area contributed by atoms with Gasteiger partial charge in [-0.25, -0.2) is 14.8 Å². The maximum absolute atomic E-state index is 12.1. The van der Waals surface area contributed by atoms with Crippen LogP contribution in [-0.4, -0.2) is 78.7 Å². The van der Waals surface area contributed by atoms with Gasteiger partial charge in [0.25, 0.3) is 0 Å². The Morgan fingerprint density at radius 3 is 2.76 bits per heavy atom. The third kappa shape index (κ3) is 6.82. The van der Waals surface area contributed by atoms with Crippen molar-refractivity contribution in [2.24, 2.45) is 5.92 Å². The van der Waals surface area contributed by atoms with Gasteiger partial charge in [-0.3, -0.25) is 4.79 Å². The molecule has 9 nitrogen and oxygen atoms in total. The van der Waals surface area contributed by atoms with Crippen molar-refractivity contribution in [1.29, 1.82) is 0 Å². The molecular formula is C17H23F3N4O5. The van der Waals surface area contributed by atoms with Crippen molar-refractivity contribution >= 4 is 17.7 Å². The molecule has 162 valence electrons. The summed E-state index contributed by atoms with van der Waals surface area (Å²) in [6.45, 7) is 2.77. The van der Waals surface area contributed by atoms with E-state index in [1.54, 1.807) is 19.6 Å². The van der Waals surface area contributed by atoms with Gasteiger partial charge < -0.3 is 24.8 Å². The number of carboxylic acid groups (broad SMARTS) is 1. The number of piperidine rings is 1. The number of anilines is 1. The molecule has 2 aliphatic rings. The number of rotatable bonds is 5. The number of aliphatic carboxylic acids is 1. The molecule has 0 aliphatic carbocycles. The number of nitrogens with zero attached hydrogens (tertiary/aromatic N) is 3. The lowest BCUT2D eigenvalue weighted by Crippen LogP contribution is -2.43. The molecule has 3 heterocycles. The predicted molar refractivity (Wildman–Crippen MR) is 94.2 cm³/mol. The summed E-state index contributed by atoms with van der Waals surface area (Å²) in [6, 6.07) is 1.91. The van der Waals surface area contributed by atoms with Crippen LogP contribution in [0.2, 0.25) is 0 Å². The summed E-state index contributed by atoms with van der Waals surface area (Å²) >= 11 is 0. The van der Waals surface area contributed by atoms with Crippen molar-refractivity contribution in [1.82, 2.24) is 15.3 Å². The van der Waals surface area contributed by atoms with Crippen LogP contribution in [0.1, 0.15) is 12.8 Å². The van der Waals surface area contributed by atoms with E-state index in [0.29, 0.717) is 19.1 Å². The number of halogens is 3. The third-order valence-corrected chi connectivity index (χ3v) is 4.58. The normalized spacial score (nSPS) is 23.6. The zero-order valence-corrected chi connectivity index (χ0v) is 15.8. The van der Waals surface area contributed by atoms with Gasteiger partial charge in [-0.2, -0.15) is 13.2 Å². The number of hydrogen-bond acceptors (Lipinski definition) is 7. The second-order valence-corrected chi connectivity index (χ2v) is 6.55. The van der Waals surface area contributed by atoms with Crippen molar-refractivity contribution in [2.45, 2.75) is 31.2 Å². The molecule has 0 unspecified atom stereocenters. The Labute approximate surface area is 165 Å². The van der Waals surface area contributed by atoms with Crippen LogP contribution >= 0.6 is 0 Å². The van der Waals surface area contributed by atoms with E-state index in [2.05, 4.69) is 20.2 Å². The third-order valence-electron chi connectivity index (χ3n) is 4.58. The van der Waals surface area contributed by atoms with Crippen molar-refractivity contribution in [3.8, 4) is 0 Å². The number of nitrogens with one attached hydrogen (secondary N) is 1. The highest BCUT2D eigenvalue weighted by molar-refractivity contribution is 5.81. The summed E-state index contributed by atoms with van der Waals surface area (Å²) in [5, 5.41) is 9.98. The minimum atomic E-state index is -5.08. The molecule has 0 aromatic carbocycles. The largest absolute Gasteiger partial charge is 0.490 e. The highest BCUT2D eigenvalue weighted by Gasteiger charge is 2.42. The minimum Gasteiger partial charge on any atom is -0.475 e. The number of alkyl halides is 3. The van der Waals surface area contributed by atoms with Crippen LogP contribution in [0, 0.1) is 5.92 Å². The lowest BCUT2D eigenvalue weighted by molar-refractivity contribution is -0.192. The van der Waals surface area contributed by atoms with E-state index in [-0.39, 0.29) is 18.1 Å². The number of carbonyl (C=O) groups excluding carboxylic acids is 1. The molecule has 0 radical (unpaired) electrons. The van der Waals surface area contributed by atoms with Gasteiger partial charge in [0.2, 0.25) is 5.91 Å². The summed E-state index contributed by atoms with van der Waals surface area (Å²) in [7, 11) is 1.62. The van der Waals surface area contributed by atoms with E-state index in [9.17, 15) is 18.0 Å². The van der Waals surface area contributed by atoms with Gasteiger partial charge in [-0.05, 0) is 24.8 Å². The van der Waals surface area contributed by atoms with E-state index in [1.165, 1.54) is 0 Å². The average Bonchev–Trinajstić information content (AvgIpc) is 3.12. The van der Waals surface area contributed by atoms with Crippen LogP contribution in [0.4, 0.5) is 19.0 Å². The number of hydrogen-bond donors (Lipinski definition) is 2. The molecule has 3 rings (SSSR count). The summed E-state index contributed by atoms with van der Waals surface area (Å²) in [5.41, 5.74) is 0. The number of carbonyl (C=O) groups is 2. The Morgan fingerprint density at radius 1 is 1.45 bits per heavy atom. The first-order chi connectivity index (χ1) is 13.7. The molecule has 3 atom stereocenters. The van der Waals surface area contributed by atoms with Gasteiger partial charge in [-0.15, -0.1) is 0 Å². The Kier molecular flexibility index (Phi) is 8.14. The van der Waals surface area contributed by atoms with Crippen LogP contribution in [0.15, 0.2) is 18.6 Å². The van der Waals surface area contributed by atoms with Crippen LogP contribution in [-0.2, 0) is 19.1 Å². The lowest BCUT2D eigenvalue weighted by atomic mass is 9.91. The fourth-order valence-electron chi connectivity index (χ4n) is 3.17. The van der Waals surface area contributed by atoms with E-state index in [1.807, 2.05) is 6.07 Å². The number of amides is 1. The van der Waals surface area contributed by atoms with Gasteiger partial charge in [0, 0.05) is 32.9 Å². The molecule has 1 amide bonds. The minimum absolute atomic E-state index is 0.0277. The van der Waals surface area contributed by atoms with Crippen LogP contribution in [0.25, 0.3) is 0 Å². The molecule has 12 heteroatoms. The second kappa shape index (κ2) is 10.3. The van der Waals surface area contributed by atoms with E-state index >= 15 is 0 Å². The molecule has 2 aliphatic heterocycles. The Balaban J connectivity index is 0.000000370. The Bertz CT molecular complexity index is 677. The molecule has 29 heavy (non-hydrogen) atoms. The van der Waals surface area contributed by atoms with Crippen LogP contribution in [0.3, 0.4) is 0 Å². The highest BCUT2D eigenvalue weighted by atomic mass is 19.4. The molecule has 0 saturated carbocycles. The summed E-state index contributed by atoms with van der Waals surface area (Å²) in [5.74, 6) is -1.41. The number of carboxylic acids is 1. The monoisotopic (exact) mass is 420 g/mol. The topological polar surface area (TPSA) is 114 Å². The Morgan fingerprint density at radius 2 is 2.17 bits per heavy atom. The molecule has 2 fully saturated rings. The number of fused-ring (bicyclic) bond motifs is 1. The first kappa shape index (κ1) is 22.8. The SMILES string of the molecule is COCCNC(=O)[C@H]1C[C@@H]2CCN(c3ccncn3)C[C@H]2O1.O=C(O)C(F)(F)F. The summed E-state index contributed by atoms with van der Waals surface area (Å²) in [6.07, 6.45) is -0.185. The van der Waals surface area contributed by atoms with E-state index in [4.69, 9.17) is 19.4 Å². The van der Waals surface area contributed by atoms with Crippen LogP contribution in [0.5, 0.6) is 0 Å². The predicted octanol–water partition coefficient (Wildman–Crippen LogP) is 0.856. The molecular weight excluding hydrogens is 397 g/mol. The van der Waals surface area contributed by atoms with Gasteiger partial charge >= 0.3 is 12.1 Å². The standard InChI is InChI=1S/C15H22N4O3.C2HF3O2/c1-21-7-5-17-15(20)12-8-11-3-6-19(9-13(11)22-12)14-2-4-16-10-18-14;3-2(4,5)1(6)7/h2,4,10-13H,3,5-9H2,1H3,(H,17,20);(H,6,7)/t11-,12+,13+;/m0./s1. The van der Waals surface area contributed by atoms with Gasteiger partial charge in [0.15, 0.2) is 0 Å². The Hall–Kier alpha value is -2.47. The maximum Gasteiger partial charge on any atom is 0.490 e. The average molecular weight is 420 g/mol. The maximum atomic E-state index is 12.1. The number of ether oxygens (including phenoxy) is 2. The highest BCUT2D eigenvalue weighted by Crippen LogP contribution is 2.34. The first-order valence-electron chi connectivity index (χ1n) is 8.95. The zero-order chi connectivity index (χ0) is 21.4. The first-order valence-corrected chi connectivity index (χ1v) is 8.95. The number of aromatic nitrogens is 2. The summed E-state index contributed by atoms with van der Waals surface area (Å²) < 4.78 is 42.6. The molecule has 0 bridgehead atoms. The van der Waals surface area contributed by atoms with Crippen molar-refractivity contribution in [3.63, 3.8) is 0 Å². The van der Waals surface area contributed by atoms with Crippen molar-refractivity contribution < 1.29 is 37.3 Å². The smallest absolute Gasteiger partial charge is 0.475 e. The lowest BCUT2D eigenvalue weighted by Gasteiger charge is -2.34. The van der Waals surface area contributed by atoms with Gasteiger partial charge in [-0.1, -0.05) is 0 Å². The van der Waals surface area contributed by atoms with Crippen molar-refractivity contribution in [2.75, 3.05) is 38.3 Å². The molecule has 0 spiro atoms. The molecule has 2 N–H and O–H groups in total. The quantitative estimate of drug-likeness (QED) is 0.675. The molecule has 1 aromatic heterocycles. The molecule has 1 aromatic rings. The summed E-state index contributed by atoms with van der Waals surface area (Å²) in [4.78, 5) is 31.4. The van der Waals surface area contributed by atoms with Gasteiger partial charge in [0.1, 0.15) is 18.2 Å². The van der Waals surface area contributed by atoms with Gasteiger partial charge in [0.05, 0.1) is 12.7 Å². The zero-order valence-electron chi connectivity index (χ0n) is 15.8. The van der Waals surface area contributed by atoms with Crippen molar-refractivity contribution in [3.05, 3.63) is 18.6 Å². The number of methoxy groups -OCH3 is 1. The molecule has 2 saturated heterocycles. The van der Waals surface area contributed by atoms with E-state index < -0.39 is 12.1 Å². The van der Waals surface area contributed by atoms with Crippen LogP contribution < -0.4 is 10.2 Å². The van der Waals surface area contributed by atoms with E-state index in [0.717, 1.165) is 31.7 Å². The fraction of sp³-hybridized carbons (Fsp3) is 0.647. The second-order valence-electron chi connectivity index (χ2n) is 6.55.